The molecule has 0 spiro atoms. The molecule has 18 heavy (non-hydrogen) atoms. The average molecular weight is 240 g/mol. The second-order valence-corrected chi connectivity index (χ2v) is 4.11. The van der Waals surface area contributed by atoms with Gasteiger partial charge >= 0.3 is 5.97 Å². The first-order valence-electron chi connectivity index (χ1n) is 6.05. The van der Waals surface area contributed by atoms with Gasteiger partial charge in [-0.25, -0.2) is 4.79 Å². The van der Waals surface area contributed by atoms with Gasteiger partial charge in [-0.05, 0) is 35.8 Å². The van der Waals surface area contributed by atoms with Gasteiger partial charge in [-0.15, -0.1) is 0 Å². The first-order valence-corrected chi connectivity index (χ1v) is 6.05. The summed E-state index contributed by atoms with van der Waals surface area (Å²) >= 11 is 0. The Kier molecular flexibility index (Phi) is 3.78. The van der Waals surface area contributed by atoms with Gasteiger partial charge in [0.15, 0.2) is 0 Å². The lowest BCUT2D eigenvalue weighted by molar-refractivity contribution is -0.137. The van der Waals surface area contributed by atoms with Crippen molar-refractivity contribution in [2.24, 2.45) is 0 Å². The number of hydrogen-bond donors (Lipinski definition) is 0. The number of carbonyl (C=O) groups is 1. The largest absolute Gasteiger partial charge is 0.463 e. The van der Waals surface area contributed by atoms with Gasteiger partial charge in [-0.3, -0.25) is 0 Å². The smallest absolute Gasteiger partial charge is 0.331 e. The predicted molar refractivity (Wildman–Crippen MR) is 74.2 cm³/mol. The number of hydrogen-bond acceptors (Lipinski definition) is 2. The quantitative estimate of drug-likeness (QED) is 0.602. The van der Waals surface area contributed by atoms with Crippen LogP contribution in [0.2, 0.25) is 0 Å². The summed E-state index contributed by atoms with van der Waals surface area (Å²) in [5.41, 5.74) is 1.99. The fourth-order valence-electron chi connectivity index (χ4n) is 2.01. The number of benzene rings is 2. The minimum atomic E-state index is -0.289. The molecule has 0 aliphatic carbocycles. The molecule has 0 radical (unpaired) electrons. The zero-order valence-corrected chi connectivity index (χ0v) is 10.6. The van der Waals surface area contributed by atoms with Crippen LogP contribution in [0.1, 0.15) is 19.4 Å². The Morgan fingerprint density at radius 2 is 1.89 bits per heavy atom. The summed E-state index contributed by atoms with van der Waals surface area (Å²) in [6.07, 6.45) is 1.55. The van der Waals surface area contributed by atoms with E-state index in [2.05, 4.69) is 18.2 Å². The van der Waals surface area contributed by atoms with E-state index in [1.807, 2.05) is 31.2 Å². The highest BCUT2D eigenvalue weighted by atomic mass is 16.5. The van der Waals surface area contributed by atoms with E-state index in [4.69, 9.17) is 4.74 Å². The molecule has 2 aromatic rings. The van der Waals surface area contributed by atoms with Crippen LogP contribution in [-0.2, 0) is 9.53 Å². The van der Waals surface area contributed by atoms with Crippen molar-refractivity contribution in [2.45, 2.75) is 13.8 Å². The van der Waals surface area contributed by atoms with Crippen molar-refractivity contribution in [1.82, 2.24) is 0 Å². The van der Waals surface area contributed by atoms with E-state index in [9.17, 15) is 4.79 Å². The zero-order chi connectivity index (χ0) is 13.0. The molecule has 0 saturated carbocycles. The van der Waals surface area contributed by atoms with E-state index >= 15 is 0 Å². The summed E-state index contributed by atoms with van der Waals surface area (Å²) in [6, 6.07) is 14.2. The zero-order valence-electron chi connectivity index (χ0n) is 10.6. The summed E-state index contributed by atoms with van der Waals surface area (Å²) in [5, 5.41) is 2.32. The monoisotopic (exact) mass is 240 g/mol. The number of esters is 1. The number of allylic oxidation sites excluding steroid dienone is 1. The first kappa shape index (κ1) is 12.4. The Morgan fingerprint density at radius 3 is 2.67 bits per heavy atom. The predicted octanol–water partition coefficient (Wildman–Crippen LogP) is 3.81. The molecular weight excluding hydrogens is 224 g/mol. The van der Waals surface area contributed by atoms with Gasteiger partial charge in [0.2, 0.25) is 0 Å². The van der Waals surface area contributed by atoms with Crippen LogP contribution in [0.15, 0.2) is 48.5 Å². The number of rotatable bonds is 3. The summed E-state index contributed by atoms with van der Waals surface area (Å²) in [6.45, 7) is 4.13. The molecule has 0 aliphatic rings. The van der Waals surface area contributed by atoms with Crippen LogP contribution in [0.25, 0.3) is 16.3 Å². The molecule has 0 atom stereocenters. The Morgan fingerprint density at radius 1 is 1.17 bits per heavy atom. The van der Waals surface area contributed by atoms with Crippen molar-refractivity contribution >= 4 is 22.3 Å². The van der Waals surface area contributed by atoms with Crippen LogP contribution in [0.5, 0.6) is 0 Å². The van der Waals surface area contributed by atoms with Gasteiger partial charge in [0, 0.05) is 6.08 Å². The molecule has 0 fully saturated rings. The number of ether oxygens (including phenoxy) is 1. The van der Waals surface area contributed by atoms with E-state index in [0.29, 0.717) is 6.61 Å². The average Bonchev–Trinajstić information content (AvgIpc) is 2.38. The van der Waals surface area contributed by atoms with Gasteiger partial charge in [-0.2, -0.15) is 0 Å². The van der Waals surface area contributed by atoms with Crippen molar-refractivity contribution in [3.8, 4) is 0 Å². The molecular formula is C16H16O2. The van der Waals surface area contributed by atoms with Crippen molar-refractivity contribution in [3.63, 3.8) is 0 Å². The molecule has 0 unspecified atom stereocenters. The van der Waals surface area contributed by atoms with E-state index in [-0.39, 0.29) is 5.97 Å². The second-order valence-electron chi connectivity index (χ2n) is 4.11. The fourth-order valence-corrected chi connectivity index (χ4v) is 2.01. The minimum Gasteiger partial charge on any atom is -0.463 e. The van der Waals surface area contributed by atoms with Crippen molar-refractivity contribution in [2.75, 3.05) is 6.61 Å². The Bertz CT molecular complexity index is 592. The van der Waals surface area contributed by atoms with Crippen molar-refractivity contribution in [3.05, 3.63) is 54.1 Å². The van der Waals surface area contributed by atoms with Crippen LogP contribution >= 0.6 is 0 Å². The third kappa shape index (κ3) is 2.59. The van der Waals surface area contributed by atoms with Crippen LogP contribution in [0.3, 0.4) is 0 Å². The number of fused-ring (bicyclic) bond motifs is 1. The maximum Gasteiger partial charge on any atom is 0.331 e. The molecule has 0 N–H and O–H groups in total. The molecule has 0 aromatic heterocycles. The molecule has 0 bridgehead atoms. The van der Waals surface area contributed by atoms with Crippen molar-refractivity contribution in [1.29, 1.82) is 0 Å². The molecule has 0 saturated heterocycles. The third-order valence-corrected chi connectivity index (χ3v) is 2.84. The Balaban J connectivity index is 2.45. The van der Waals surface area contributed by atoms with Gasteiger partial charge in [-0.1, -0.05) is 42.5 Å². The molecule has 92 valence electrons. The van der Waals surface area contributed by atoms with Gasteiger partial charge < -0.3 is 4.74 Å². The molecule has 0 aliphatic heterocycles. The van der Waals surface area contributed by atoms with E-state index in [0.717, 1.165) is 16.5 Å². The highest BCUT2D eigenvalue weighted by Crippen LogP contribution is 2.24. The lowest BCUT2D eigenvalue weighted by Crippen LogP contribution is -2.00. The van der Waals surface area contributed by atoms with Crippen LogP contribution in [-0.4, -0.2) is 12.6 Å². The molecule has 2 rings (SSSR count). The van der Waals surface area contributed by atoms with E-state index in [1.165, 1.54) is 5.39 Å². The summed E-state index contributed by atoms with van der Waals surface area (Å²) < 4.78 is 4.93. The standard InChI is InChI=1S/C16H16O2/c1-3-18-16(17)11-12(2)14-10-6-8-13-7-4-5-9-15(13)14/h4-11H,3H2,1-2H3/b12-11+. The van der Waals surface area contributed by atoms with Crippen LogP contribution < -0.4 is 0 Å². The molecule has 2 heteroatoms. The maximum atomic E-state index is 11.5. The SMILES string of the molecule is CCOC(=O)/C=C(\C)c1cccc2ccccc12. The second kappa shape index (κ2) is 5.50. The van der Waals surface area contributed by atoms with Gasteiger partial charge in [0.25, 0.3) is 0 Å². The highest BCUT2D eigenvalue weighted by Gasteiger charge is 2.04. The molecule has 2 aromatic carbocycles. The van der Waals surface area contributed by atoms with Gasteiger partial charge in [0.1, 0.15) is 0 Å². The minimum absolute atomic E-state index is 0.289. The number of carbonyl (C=O) groups excluding carboxylic acids is 1. The van der Waals surface area contributed by atoms with Crippen LogP contribution in [0.4, 0.5) is 0 Å². The Hall–Kier alpha value is -2.09. The molecule has 2 nitrogen and oxygen atoms in total. The maximum absolute atomic E-state index is 11.5. The first-order chi connectivity index (χ1) is 8.72. The lowest BCUT2D eigenvalue weighted by Gasteiger charge is -2.06. The van der Waals surface area contributed by atoms with Crippen molar-refractivity contribution < 1.29 is 9.53 Å². The third-order valence-electron chi connectivity index (χ3n) is 2.84. The molecule has 0 heterocycles. The summed E-state index contributed by atoms with van der Waals surface area (Å²) in [7, 11) is 0. The topological polar surface area (TPSA) is 26.3 Å². The highest BCUT2D eigenvalue weighted by molar-refractivity contribution is 5.98. The van der Waals surface area contributed by atoms with E-state index < -0.39 is 0 Å². The van der Waals surface area contributed by atoms with Crippen LogP contribution in [0, 0.1) is 0 Å². The summed E-state index contributed by atoms with van der Waals surface area (Å²) in [4.78, 5) is 11.5. The fraction of sp³-hybridized carbons (Fsp3) is 0.188. The van der Waals surface area contributed by atoms with E-state index in [1.54, 1.807) is 13.0 Å². The summed E-state index contributed by atoms with van der Waals surface area (Å²) in [5.74, 6) is -0.289. The lowest BCUT2D eigenvalue weighted by atomic mass is 9.99. The molecule has 0 amide bonds. The normalized spacial score (nSPS) is 11.6. The van der Waals surface area contributed by atoms with Gasteiger partial charge in [0.05, 0.1) is 6.61 Å². The Labute approximate surface area is 107 Å².